The molecule has 0 aromatic heterocycles. The molecule has 0 radical (unpaired) electrons. The van der Waals surface area contributed by atoms with Crippen molar-refractivity contribution < 1.29 is 28.6 Å². The van der Waals surface area contributed by atoms with E-state index in [0.29, 0.717) is 19.3 Å². The maximum atomic E-state index is 12.9. The van der Waals surface area contributed by atoms with Gasteiger partial charge in [0.05, 0.1) is 0 Å². The molecule has 0 aromatic rings. The lowest BCUT2D eigenvalue weighted by Gasteiger charge is -2.18. The zero-order chi connectivity index (χ0) is 56.4. The zero-order valence-electron chi connectivity index (χ0n) is 51.9. The van der Waals surface area contributed by atoms with Crippen molar-refractivity contribution in [3.63, 3.8) is 0 Å². The van der Waals surface area contributed by atoms with Crippen LogP contribution in [0.2, 0.25) is 0 Å². The van der Waals surface area contributed by atoms with E-state index in [9.17, 15) is 14.4 Å². The number of carbonyl (C=O) groups is 3. The van der Waals surface area contributed by atoms with Gasteiger partial charge in [-0.15, -0.1) is 0 Å². The molecule has 0 fully saturated rings. The van der Waals surface area contributed by atoms with E-state index >= 15 is 0 Å². The highest BCUT2D eigenvalue weighted by Gasteiger charge is 2.19. The molecule has 0 amide bonds. The second-order valence-corrected chi connectivity index (χ2v) is 22.7. The standard InChI is InChI=1S/C72H128O6/c1-4-7-10-13-16-19-22-24-26-28-30-32-34-35-36-37-39-40-42-44-46-48-50-53-56-59-62-65-71(74)77-68-69(67-76-70(73)64-61-58-55-52-21-18-15-12-9-6-3)78-72(75)66-63-60-57-54-51-49-47-45-43-41-38-33-31-29-27-25-23-20-17-14-11-8-5-2/h7,10,16,19,24,26,29-32,35-36,69H,4-6,8-9,11-15,17-18,20-23,25,27-28,33-34,37-68H2,1-3H3/b10-7-,19-16-,26-24-,31-29-,32-30-,36-35-. The number of hydrogen-bond acceptors (Lipinski definition) is 6. The predicted octanol–water partition coefficient (Wildman–Crippen LogP) is 23.3. The van der Waals surface area contributed by atoms with Crippen LogP contribution in [0.1, 0.15) is 348 Å². The van der Waals surface area contributed by atoms with Gasteiger partial charge in [-0.05, 0) is 89.9 Å². The highest BCUT2D eigenvalue weighted by molar-refractivity contribution is 5.71. The Labute approximate surface area is 484 Å². The Balaban J connectivity index is 4.20. The normalized spacial score (nSPS) is 12.5. The third kappa shape index (κ3) is 63.7. The Morgan fingerprint density at radius 1 is 0.269 bits per heavy atom. The smallest absolute Gasteiger partial charge is 0.306 e. The van der Waals surface area contributed by atoms with Gasteiger partial charge in [0.25, 0.3) is 0 Å². The van der Waals surface area contributed by atoms with E-state index in [-0.39, 0.29) is 31.1 Å². The van der Waals surface area contributed by atoms with Crippen molar-refractivity contribution >= 4 is 17.9 Å². The Bertz CT molecular complexity index is 1440. The lowest BCUT2D eigenvalue weighted by atomic mass is 10.0. The first kappa shape index (κ1) is 74.8. The van der Waals surface area contributed by atoms with Gasteiger partial charge in [-0.1, -0.05) is 312 Å². The molecule has 6 nitrogen and oxygen atoms in total. The highest BCUT2D eigenvalue weighted by Crippen LogP contribution is 2.17. The molecule has 1 atom stereocenters. The van der Waals surface area contributed by atoms with Crippen LogP contribution in [0.3, 0.4) is 0 Å². The second-order valence-electron chi connectivity index (χ2n) is 22.7. The molecule has 78 heavy (non-hydrogen) atoms. The number of ether oxygens (including phenoxy) is 3. The molecule has 0 aliphatic carbocycles. The summed E-state index contributed by atoms with van der Waals surface area (Å²) < 4.78 is 16.9. The topological polar surface area (TPSA) is 78.9 Å². The third-order valence-corrected chi connectivity index (χ3v) is 14.9. The van der Waals surface area contributed by atoms with E-state index in [4.69, 9.17) is 14.2 Å². The third-order valence-electron chi connectivity index (χ3n) is 14.9. The summed E-state index contributed by atoms with van der Waals surface area (Å²) in [4.78, 5) is 38.3. The molecular formula is C72H128O6. The lowest BCUT2D eigenvalue weighted by Crippen LogP contribution is -2.30. The number of allylic oxidation sites excluding steroid dienone is 12. The van der Waals surface area contributed by atoms with Crippen molar-refractivity contribution in [2.45, 2.75) is 354 Å². The summed E-state index contributed by atoms with van der Waals surface area (Å²) in [5.74, 6) is -0.860. The monoisotopic (exact) mass is 1090 g/mol. The second kappa shape index (κ2) is 66.4. The van der Waals surface area contributed by atoms with Crippen LogP contribution in [-0.4, -0.2) is 37.2 Å². The van der Waals surface area contributed by atoms with Gasteiger partial charge in [-0.2, -0.15) is 0 Å². The van der Waals surface area contributed by atoms with Crippen LogP contribution in [0.25, 0.3) is 0 Å². The van der Waals surface area contributed by atoms with Gasteiger partial charge in [0.15, 0.2) is 6.10 Å². The number of hydrogen-bond donors (Lipinski definition) is 0. The van der Waals surface area contributed by atoms with Crippen molar-refractivity contribution in [2.24, 2.45) is 0 Å². The summed E-state index contributed by atoms with van der Waals surface area (Å²) in [6.45, 7) is 6.56. The van der Waals surface area contributed by atoms with Crippen LogP contribution >= 0.6 is 0 Å². The van der Waals surface area contributed by atoms with Gasteiger partial charge in [0.1, 0.15) is 13.2 Å². The van der Waals surface area contributed by atoms with Crippen LogP contribution in [-0.2, 0) is 28.6 Å². The van der Waals surface area contributed by atoms with Crippen LogP contribution in [0.4, 0.5) is 0 Å². The number of esters is 3. The Morgan fingerprint density at radius 2 is 0.500 bits per heavy atom. The molecule has 0 aromatic carbocycles. The number of carbonyl (C=O) groups excluding carboxylic acids is 3. The molecule has 1 unspecified atom stereocenters. The first-order valence-electron chi connectivity index (χ1n) is 33.9. The van der Waals surface area contributed by atoms with Gasteiger partial charge in [-0.25, -0.2) is 0 Å². The molecule has 0 N–H and O–H groups in total. The maximum Gasteiger partial charge on any atom is 0.306 e. The average Bonchev–Trinajstić information content (AvgIpc) is 3.44. The highest BCUT2D eigenvalue weighted by atomic mass is 16.6. The Kier molecular flexibility index (Phi) is 63.7. The van der Waals surface area contributed by atoms with Gasteiger partial charge in [0, 0.05) is 19.3 Å². The van der Waals surface area contributed by atoms with E-state index in [1.54, 1.807) is 0 Å². The minimum Gasteiger partial charge on any atom is -0.462 e. The van der Waals surface area contributed by atoms with Crippen LogP contribution in [0.5, 0.6) is 0 Å². The van der Waals surface area contributed by atoms with Crippen molar-refractivity contribution in [3.8, 4) is 0 Å². The fourth-order valence-electron chi connectivity index (χ4n) is 9.88. The number of unbranched alkanes of at least 4 members (excludes halogenated alkanes) is 39. The molecule has 0 saturated carbocycles. The first-order valence-corrected chi connectivity index (χ1v) is 33.9. The summed E-state index contributed by atoms with van der Waals surface area (Å²) in [6.07, 6.45) is 86.4. The van der Waals surface area contributed by atoms with E-state index < -0.39 is 6.10 Å². The van der Waals surface area contributed by atoms with Crippen LogP contribution in [0, 0.1) is 0 Å². The molecule has 452 valence electrons. The summed E-state index contributed by atoms with van der Waals surface area (Å²) in [5.41, 5.74) is 0. The van der Waals surface area contributed by atoms with E-state index in [1.165, 1.54) is 218 Å². The molecular weight excluding hydrogens is 961 g/mol. The fourth-order valence-corrected chi connectivity index (χ4v) is 9.88. The maximum absolute atomic E-state index is 12.9. The van der Waals surface area contributed by atoms with Crippen molar-refractivity contribution in [1.29, 1.82) is 0 Å². The van der Waals surface area contributed by atoms with Crippen molar-refractivity contribution in [1.82, 2.24) is 0 Å². The van der Waals surface area contributed by atoms with Crippen molar-refractivity contribution in [3.05, 3.63) is 72.9 Å². The summed E-state index contributed by atoms with van der Waals surface area (Å²) in [5, 5.41) is 0. The van der Waals surface area contributed by atoms with Gasteiger partial charge < -0.3 is 14.2 Å². The van der Waals surface area contributed by atoms with E-state index in [0.717, 1.165) is 89.9 Å². The molecule has 0 aliphatic rings. The molecule has 0 aliphatic heterocycles. The van der Waals surface area contributed by atoms with Crippen molar-refractivity contribution in [2.75, 3.05) is 13.2 Å². The average molecular weight is 1090 g/mol. The fraction of sp³-hybridized carbons (Fsp3) is 0.792. The SMILES string of the molecule is CC/C=C\C/C=C\C/C=C\C/C=C\C/C=C\CCCCCCCCCCCCCC(=O)OCC(COC(=O)CCCCCCCCCCCC)OC(=O)CCCCCCCCCCCCC/C=C\CCCCCCCCCC. The molecule has 0 saturated heterocycles. The van der Waals surface area contributed by atoms with Gasteiger partial charge >= 0.3 is 17.9 Å². The zero-order valence-corrected chi connectivity index (χ0v) is 51.9. The summed E-state index contributed by atoms with van der Waals surface area (Å²) in [6, 6.07) is 0. The molecule has 0 spiro atoms. The lowest BCUT2D eigenvalue weighted by molar-refractivity contribution is -0.167. The molecule has 6 heteroatoms. The predicted molar refractivity (Wildman–Crippen MR) is 339 cm³/mol. The Morgan fingerprint density at radius 3 is 0.795 bits per heavy atom. The van der Waals surface area contributed by atoms with E-state index in [1.807, 2.05) is 0 Å². The summed E-state index contributed by atoms with van der Waals surface area (Å²) >= 11 is 0. The quantitative estimate of drug-likeness (QED) is 0.0261. The van der Waals surface area contributed by atoms with Gasteiger partial charge in [-0.3, -0.25) is 14.4 Å². The van der Waals surface area contributed by atoms with E-state index in [2.05, 4.69) is 93.7 Å². The number of rotatable bonds is 62. The van der Waals surface area contributed by atoms with Crippen LogP contribution in [0.15, 0.2) is 72.9 Å². The van der Waals surface area contributed by atoms with Gasteiger partial charge in [0.2, 0.25) is 0 Å². The minimum absolute atomic E-state index is 0.0723. The minimum atomic E-state index is -0.775. The first-order chi connectivity index (χ1) is 38.5. The Hall–Kier alpha value is -3.15. The molecule has 0 heterocycles. The molecule has 0 bridgehead atoms. The summed E-state index contributed by atoms with van der Waals surface area (Å²) in [7, 11) is 0. The largest absolute Gasteiger partial charge is 0.462 e. The van der Waals surface area contributed by atoms with Crippen LogP contribution < -0.4 is 0 Å². The molecule has 0 rings (SSSR count).